The summed E-state index contributed by atoms with van der Waals surface area (Å²) in [5.41, 5.74) is 5.45. The van der Waals surface area contributed by atoms with Gasteiger partial charge in [0.1, 0.15) is 17.0 Å². The topological polar surface area (TPSA) is 68.1 Å². The van der Waals surface area contributed by atoms with Crippen LogP contribution in [0.4, 0.5) is 0 Å². The number of aryl methyl sites for hydroxylation is 2. The standard InChI is InChI=1S/C22H20N2O3/c1-12-5-6-16-19(7-12)27-22(17-10-23-11-24-17)20(16)21(25)15-8-13(2)14(3)18(9-15)26-4/h5-11H,1-4H3,(H,23,24). The number of benzene rings is 2. The van der Waals surface area contributed by atoms with Gasteiger partial charge in [0.05, 0.1) is 19.0 Å². The molecule has 0 unspecified atom stereocenters. The molecule has 4 rings (SSSR count). The second-order valence-corrected chi connectivity index (χ2v) is 6.71. The van der Waals surface area contributed by atoms with E-state index < -0.39 is 0 Å². The monoisotopic (exact) mass is 360 g/mol. The van der Waals surface area contributed by atoms with E-state index in [1.54, 1.807) is 25.7 Å². The van der Waals surface area contributed by atoms with Crippen molar-refractivity contribution >= 4 is 16.8 Å². The predicted molar refractivity (Wildman–Crippen MR) is 104 cm³/mol. The number of rotatable bonds is 4. The molecule has 2 aromatic heterocycles. The van der Waals surface area contributed by atoms with E-state index in [0.717, 1.165) is 22.1 Å². The number of hydrogen-bond acceptors (Lipinski definition) is 4. The van der Waals surface area contributed by atoms with Gasteiger partial charge in [-0.1, -0.05) is 12.1 Å². The van der Waals surface area contributed by atoms with E-state index in [4.69, 9.17) is 9.15 Å². The zero-order chi connectivity index (χ0) is 19.1. The lowest BCUT2D eigenvalue weighted by atomic mass is 9.96. The summed E-state index contributed by atoms with van der Waals surface area (Å²) < 4.78 is 11.5. The average molecular weight is 360 g/mol. The van der Waals surface area contributed by atoms with Crippen molar-refractivity contribution in [1.29, 1.82) is 0 Å². The van der Waals surface area contributed by atoms with E-state index >= 15 is 0 Å². The molecule has 2 aromatic carbocycles. The number of methoxy groups -OCH3 is 1. The summed E-state index contributed by atoms with van der Waals surface area (Å²) in [7, 11) is 1.61. The molecule has 136 valence electrons. The highest BCUT2D eigenvalue weighted by Crippen LogP contribution is 2.35. The van der Waals surface area contributed by atoms with Crippen LogP contribution in [0.1, 0.15) is 32.6 Å². The van der Waals surface area contributed by atoms with Crippen LogP contribution in [0.5, 0.6) is 5.75 Å². The number of fused-ring (bicyclic) bond motifs is 1. The zero-order valence-electron chi connectivity index (χ0n) is 15.7. The maximum Gasteiger partial charge on any atom is 0.197 e. The lowest BCUT2D eigenvalue weighted by Gasteiger charge is -2.10. The van der Waals surface area contributed by atoms with Gasteiger partial charge in [-0.3, -0.25) is 4.79 Å². The number of nitrogens with one attached hydrogen (secondary N) is 1. The maximum absolute atomic E-state index is 13.5. The largest absolute Gasteiger partial charge is 0.496 e. The van der Waals surface area contributed by atoms with E-state index in [2.05, 4.69) is 9.97 Å². The number of ether oxygens (including phenoxy) is 1. The van der Waals surface area contributed by atoms with Crippen LogP contribution >= 0.6 is 0 Å². The van der Waals surface area contributed by atoms with E-state index in [9.17, 15) is 4.79 Å². The fraction of sp³-hybridized carbons (Fsp3) is 0.182. The van der Waals surface area contributed by atoms with Crippen LogP contribution in [0.15, 0.2) is 47.3 Å². The second kappa shape index (κ2) is 6.43. The van der Waals surface area contributed by atoms with Crippen molar-refractivity contribution in [3.63, 3.8) is 0 Å². The minimum atomic E-state index is -0.114. The Morgan fingerprint density at radius 1 is 1.15 bits per heavy atom. The Bertz CT molecular complexity index is 1150. The van der Waals surface area contributed by atoms with Crippen LogP contribution in [0, 0.1) is 20.8 Å². The summed E-state index contributed by atoms with van der Waals surface area (Å²) >= 11 is 0. The normalized spacial score (nSPS) is 11.1. The lowest BCUT2D eigenvalue weighted by molar-refractivity contribution is 0.104. The van der Waals surface area contributed by atoms with Crippen LogP contribution in [-0.2, 0) is 0 Å². The molecule has 0 spiro atoms. The third-order valence-electron chi connectivity index (χ3n) is 4.91. The van der Waals surface area contributed by atoms with Crippen LogP contribution in [0.3, 0.4) is 0 Å². The summed E-state index contributed by atoms with van der Waals surface area (Å²) in [5, 5.41) is 0.779. The first-order valence-electron chi connectivity index (χ1n) is 8.72. The van der Waals surface area contributed by atoms with Crippen molar-refractivity contribution in [3.8, 4) is 17.2 Å². The average Bonchev–Trinajstić information content (AvgIpc) is 3.30. The Balaban J connectivity index is 1.97. The molecule has 0 aliphatic heterocycles. The first kappa shape index (κ1) is 17.1. The number of ketones is 1. The molecule has 0 amide bonds. The van der Waals surface area contributed by atoms with Gasteiger partial charge in [0.25, 0.3) is 0 Å². The van der Waals surface area contributed by atoms with Crippen molar-refractivity contribution in [2.75, 3.05) is 7.11 Å². The van der Waals surface area contributed by atoms with Crippen molar-refractivity contribution in [1.82, 2.24) is 9.97 Å². The summed E-state index contributed by atoms with van der Waals surface area (Å²) in [6.07, 6.45) is 3.30. The summed E-state index contributed by atoms with van der Waals surface area (Å²) in [5.74, 6) is 1.05. The van der Waals surface area contributed by atoms with E-state index in [1.807, 2.05) is 45.0 Å². The number of H-pyrrole nitrogens is 1. The molecule has 0 aliphatic carbocycles. The van der Waals surface area contributed by atoms with Gasteiger partial charge in [0, 0.05) is 17.1 Å². The van der Waals surface area contributed by atoms with Gasteiger partial charge >= 0.3 is 0 Å². The first-order chi connectivity index (χ1) is 13.0. The maximum atomic E-state index is 13.5. The summed E-state index contributed by atoms with van der Waals surface area (Å²) in [6.45, 7) is 5.94. The van der Waals surface area contributed by atoms with Crippen LogP contribution in [0.2, 0.25) is 0 Å². The fourth-order valence-corrected chi connectivity index (χ4v) is 3.31. The molecule has 2 heterocycles. The third kappa shape index (κ3) is 2.81. The highest BCUT2D eigenvalue weighted by atomic mass is 16.5. The molecule has 5 nitrogen and oxygen atoms in total. The SMILES string of the molecule is COc1cc(C(=O)c2c(-c3c[nH]cn3)oc3cc(C)ccc23)cc(C)c1C. The third-order valence-corrected chi connectivity index (χ3v) is 4.91. The molecular formula is C22H20N2O3. The fourth-order valence-electron chi connectivity index (χ4n) is 3.31. The molecule has 5 heteroatoms. The molecule has 0 bridgehead atoms. The van der Waals surface area contributed by atoms with Gasteiger partial charge in [0.15, 0.2) is 11.5 Å². The molecule has 0 atom stereocenters. The number of hydrogen-bond donors (Lipinski definition) is 1. The lowest BCUT2D eigenvalue weighted by Crippen LogP contribution is -2.04. The van der Waals surface area contributed by atoms with E-state index in [-0.39, 0.29) is 5.78 Å². The predicted octanol–water partition coefficient (Wildman–Crippen LogP) is 4.99. The van der Waals surface area contributed by atoms with E-state index in [1.165, 1.54) is 0 Å². The Hall–Kier alpha value is -3.34. The molecule has 27 heavy (non-hydrogen) atoms. The van der Waals surface area contributed by atoms with Crippen LogP contribution < -0.4 is 4.74 Å². The minimum absolute atomic E-state index is 0.114. The van der Waals surface area contributed by atoms with Crippen molar-refractivity contribution in [3.05, 3.63) is 70.7 Å². The molecule has 0 saturated carbocycles. The zero-order valence-corrected chi connectivity index (χ0v) is 15.7. The number of furan rings is 1. The number of imidazole rings is 1. The van der Waals surface area contributed by atoms with Crippen LogP contribution in [0.25, 0.3) is 22.4 Å². The minimum Gasteiger partial charge on any atom is -0.496 e. The number of aromatic amines is 1. The molecule has 0 saturated heterocycles. The molecule has 4 aromatic rings. The highest BCUT2D eigenvalue weighted by molar-refractivity contribution is 6.19. The summed E-state index contributed by atoms with van der Waals surface area (Å²) in [6, 6.07) is 9.51. The molecule has 0 fully saturated rings. The van der Waals surface area contributed by atoms with Gasteiger partial charge < -0.3 is 14.1 Å². The Morgan fingerprint density at radius 3 is 2.67 bits per heavy atom. The Morgan fingerprint density at radius 2 is 1.96 bits per heavy atom. The van der Waals surface area contributed by atoms with Crippen molar-refractivity contribution in [2.45, 2.75) is 20.8 Å². The van der Waals surface area contributed by atoms with Gasteiger partial charge in [0.2, 0.25) is 0 Å². The van der Waals surface area contributed by atoms with Gasteiger partial charge in [-0.05, 0) is 55.7 Å². The number of carbonyl (C=O) groups excluding carboxylic acids is 1. The number of nitrogens with zero attached hydrogens (tertiary/aromatic N) is 1. The first-order valence-corrected chi connectivity index (χ1v) is 8.72. The number of carbonyl (C=O) groups is 1. The second-order valence-electron chi connectivity index (χ2n) is 6.71. The molecular weight excluding hydrogens is 340 g/mol. The highest BCUT2D eigenvalue weighted by Gasteiger charge is 2.25. The van der Waals surface area contributed by atoms with Crippen LogP contribution in [-0.4, -0.2) is 22.9 Å². The Labute approximate surface area is 157 Å². The van der Waals surface area contributed by atoms with Crippen molar-refractivity contribution < 1.29 is 13.9 Å². The number of aromatic nitrogens is 2. The molecule has 0 radical (unpaired) electrons. The van der Waals surface area contributed by atoms with Gasteiger partial charge in [-0.2, -0.15) is 0 Å². The summed E-state index contributed by atoms with van der Waals surface area (Å²) in [4.78, 5) is 20.7. The smallest absolute Gasteiger partial charge is 0.197 e. The quantitative estimate of drug-likeness (QED) is 0.521. The van der Waals surface area contributed by atoms with Crippen molar-refractivity contribution in [2.24, 2.45) is 0 Å². The van der Waals surface area contributed by atoms with E-state index in [0.29, 0.717) is 33.9 Å². The van der Waals surface area contributed by atoms with Gasteiger partial charge in [-0.25, -0.2) is 4.98 Å². The Kier molecular flexibility index (Phi) is 4.07. The molecule has 0 aliphatic rings. The van der Waals surface area contributed by atoms with Gasteiger partial charge in [-0.15, -0.1) is 0 Å². The molecule has 1 N–H and O–H groups in total.